The minimum absolute atomic E-state index is 0.00588. The predicted octanol–water partition coefficient (Wildman–Crippen LogP) is 2.55. The summed E-state index contributed by atoms with van der Waals surface area (Å²) in [5.41, 5.74) is 1.11. The highest BCUT2D eigenvalue weighted by molar-refractivity contribution is 7.91. The Balaban J connectivity index is 2.20. The van der Waals surface area contributed by atoms with Crippen molar-refractivity contribution in [2.45, 2.75) is 38.7 Å². The maximum absolute atomic E-state index is 11.4. The zero-order chi connectivity index (χ0) is 13.4. The molecule has 1 aliphatic rings. The summed E-state index contributed by atoms with van der Waals surface area (Å²) >= 11 is 0. The first-order valence-electron chi connectivity index (χ1n) is 6.24. The summed E-state index contributed by atoms with van der Waals surface area (Å²) in [5, 5.41) is 0. The first kappa shape index (κ1) is 13.4. The molecular formula is C14H20O3S. The number of benzene rings is 1. The van der Waals surface area contributed by atoms with Crippen molar-refractivity contribution in [3.8, 4) is 5.75 Å². The number of rotatable bonds is 2. The van der Waals surface area contributed by atoms with Crippen molar-refractivity contribution in [1.82, 2.24) is 0 Å². The highest BCUT2D eigenvalue weighted by Crippen LogP contribution is 2.32. The number of para-hydroxylation sites is 1. The summed E-state index contributed by atoms with van der Waals surface area (Å²) in [4.78, 5) is 0. The van der Waals surface area contributed by atoms with Gasteiger partial charge in [0.25, 0.3) is 0 Å². The lowest BCUT2D eigenvalue weighted by atomic mass is 9.86. The molecule has 1 heterocycles. The molecule has 1 saturated heterocycles. The molecule has 0 N–H and O–H groups in total. The van der Waals surface area contributed by atoms with Gasteiger partial charge in [-0.1, -0.05) is 39.0 Å². The van der Waals surface area contributed by atoms with E-state index in [0.717, 1.165) is 11.3 Å². The van der Waals surface area contributed by atoms with E-state index in [4.69, 9.17) is 4.74 Å². The molecule has 0 saturated carbocycles. The Morgan fingerprint density at radius 1 is 1.22 bits per heavy atom. The average molecular weight is 268 g/mol. The molecule has 1 aromatic carbocycles. The molecule has 2 rings (SSSR count). The lowest BCUT2D eigenvalue weighted by Gasteiger charge is -2.24. The van der Waals surface area contributed by atoms with Gasteiger partial charge in [-0.2, -0.15) is 0 Å². The van der Waals surface area contributed by atoms with Crippen molar-refractivity contribution >= 4 is 9.84 Å². The van der Waals surface area contributed by atoms with Gasteiger partial charge in [-0.15, -0.1) is 0 Å². The first-order valence-corrected chi connectivity index (χ1v) is 8.07. The maximum atomic E-state index is 11.4. The SMILES string of the molecule is CC(C)(C)c1ccccc1OC1CCS(=O)(=O)C1. The van der Waals surface area contributed by atoms with Gasteiger partial charge in [-0.3, -0.25) is 0 Å². The quantitative estimate of drug-likeness (QED) is 0.828. The summed E-state index contributed by atoms with van der Waals surface area (Å²) in [6.45, 7) is 6.38. The molecule has 100 valence electrons. The Labute approximate surface area is 109 Å². The van der Waals surface area contributed by atoms with Crippen LogP contribution in [0.3, 0.4) is 0 Å². The monoisotopic (exact) mass is 268 g/mol. The van der Waals surface area contributed by atoms with Crippen LogP contribution < -0.4 is 4.74 Å². The summed E-state index contributed by atoms with van der Waals surface area (Å²) in [6, 6.07) is 7.87. The highest BCUT2D eigenvalue weighted by atomic mass is 32.2. The van der Waals surface area contributed by atoms with Crippen LogP contribution in [0.25, 0.3) is 0 Å². The second-order valence-electron chi connectivity index (χ2n) is 5.89. The first-order chi connectivity index (χ1) is 8.28. The average Bonchev–Trinajstić information content (AvgIpc) is 2.57. The fourth-order valence-corrected chi connectivity index (χ4v) is 3.81. The predicted molar refractivity (Wildman–Crippen MR) is 72.8 cm³/mol. The van der Waals surface area contributed by atoms with Crippen molar-refractivity contribution in [3.05, 3.63) is 29.8 Å². The smallest absolute Gasteiger partial charge is 0.154 e. The number of hydrogen-bond donors (Lipinski definition) is 0. The van der Waals surface area contributed by atoms with Gasteiger partial charge in [0.05, 0.1) is 11.5 Å². The summed E-state index contributed by atoms with van der Waals surface area (Å²) in [7, 11) is -2.89. The van der Waals surface area contributed by atoms with Crippen LogP contribution in [0, 0.1) is 0 Å². The van der Waals surface area contributed by atoms with E-state index < -0.39 is 9.84 Å². The maximum Gasteiger partial charge on any atom is 0.154 e. The minimum Gasteiger partial charge on any atom is -0.489 e. The van der Waals surface area contributed by atoms with Gasteiger partial charge in [0.2, 0.25) is 0 Å². The van der Waals surface area contributed by atoms with Crippen molar-refractivity contribution in [2.24, 2.45) is 0 Å². The Morgan fingerprint density at radius 3 is 2.44 bits per heavy atom. The normalized spacial score (nSPS) is 22.9. The minimum atomic E-state index is -2.89. The standard InChI is InChI=1S/C14H20O3S/c1-14(2,3)12-6-4-5-7-13(12)17-11-8-9-18(15,16)10-11/h4-7,11H,8-10H2,1-3H3. The second kappa shape index (κ2) is 4.57. The van der Waals surface area contributed by atoms with Gasteiger partial charge in [0.15, 0.2) is 9.84 Å². The zero-order valence-electron chi connectivity index (χ0n) is 11.1. The fourth-order valence-electron chi connectivity index (χ4n) is 2.22. The van der Waals surface area contributed by atoms with Crippen molar-refractivity contribution in [3.63, 3.8) is 0 Å². The fraction of sp³-hybridized carbons (Fsp3) is 0.571. The van der Waals surface area contributed by atoms with Crippen molar-refractivity contribution in [2.75, 3.05) is 11.5 Å². The summed E-state index contributed by atoms with van der Waals surface area (Å²) < 4.78 is 28.8. The van der Waals surface area contributed by atoms with Crippen LogP contribution in [0.1, 0.15) is 32.8 Å². The van der Waals surface area contributed by atoms with Crippen LogP contribution in [0.4, 0.5) is 0 Å². The molecule has 1 aromatic rings. The Morgan fingerprint density at radius 2 is 1.89 bits per heavy atom. The summed E-state index contributed by atoms with van der Waals surface area (Å²) in [5.74, 6) is 1.20. The molecule has 0 radical (unpaired) electrons. The molecule has 1 unspecified atom stereocenters. The van der Waals surface area contributed by atoms with E-state index in [-0.39, 0.29) is 23.0 Å². The molecule has 3 nitrogen and oxygen atoms in total. The molecular weight excluding hydrogens is 248 g/mol. The van der Waals surface area contributed by atoms with Gasteiger partial charge in [0.1, 0.15) is 11.9 Å². The molecule has 0 bridgehead atoms. The number of sulfone groups is 1. The largest absolute Gasteiger partial charge is 0.489 e. The van der Waals surface area contributed by atoms with Crippen LogP contribution in [-0.4, -0.2) is 26.0 Å². The zero-order valence-corrected chi connectivity index (χ0v) is 12.0. The summed E-state index contributed by atoms with van der Waals surface area (Å²) in [6.07, 6.45) is 0.402. The van der Waals surface area contributed by atoms with E-state index in [0.29, 0.717) is 6.42 Å². The van der Waals surface area contributed by atoms with E-state index in [1.807, 2.05) is 24.3 Å². The lowest BCUT2D eigenvalue weighted by Crippen LogP contribution is -2.21. The van der Waals surface area contributed by atoms with Crippen molar-refractivity contribution < 1.29 is 13.2 Å². The molecule has 0 amide bonds. The van der Waals surface area contributed by atoms with Crippen LogP contribution in [-0.2, 0) is 15.3 Å². The van der Waals surface area contributed by atoms with E-state index >= 15 is 0 Å². The molecule has 0 spiro atoms. The van der Waals surface area contributed by atoms with E-state index in [1.54, 1.807) is 0 Å². The van der Waals surface area contributed by atoms with Gasteiger partial charge >= 0.3 is 0 Å². The van der Waals surface area contributed by atoms with Crippen molar-refractivity contribution in [1.29, 1.82) is 0 Å². The third kappa shape index (κ3) is 3.05. The third-order valence-corrected chi connectivity index (χ3v) is 4.92. The van der Waals surface area contributed by atoms with Crippen LogP contribution in [0.15, 0.2) is 24.3 Å². The second-order valence-corrected chi connectivity index (χ2v) is 8.12. The molecule has 18 heavy (non-hydrogen) atoms. The Hall–Kier alpha value is -1.03. The van der Waals surface area contributed by atoms with E-state index in [1.165, 1.54) is 0 Å². The van der Waals surface area contributed by atoms with Crippen LogP contribution in [0.2, 0.25) is 0 Å². The van der Waals surface area contributed by atoms with Crippen LogP contribution in [0.5, 0.6) is 5.75 Å². The third-order valence-electron chi connectivity index (χ3n) is 3.18. The molecule has 4 heteroatoms. The molecule has 1 aliphatic heterocycles. The Kier molecular flexibility index (Phi) is 3.41. The lowest BCUT2D eigenvalue weighted by molar-refractivity contribution is 0.223. The van der Waals surface area contributed by atoms with E-state index in [9.17, 15) is 8.42 Å². The van der Waals surface area contributed by atoms with Gasteiger partial charge in [-0.05, 0) is 23.5 Å². The topological polar surface area (TPSA) is 43.4 Å². The Bertz CT molecular complexity index is 526. The number of ether oxygens (including phenoxy) is 1. The van der Waals surface area contributed by atoms with Gasteiger partial charge in [0, 0.05) is 0 Å². The molecule has 0 aliphatic carbocycles. The number of hydrogen-bond acceptors (Lipinski definition) is 3. The molecule has 1 atom stereocenters. The molecule has 0 aromatic heterocycles. The molecule has 1 fully saturated rings. The highest BCUT2D eigenvalue weighted by Gasteiger charge is 2.30. The van der Waals surface area contributed by atoms with Gasteiger partial charge < -0.3 is 4.74 Å². The van der Waals surface area contributed by atoms with Crippen LogP contribution >= 0.6 is 0 Å². The van der Waals surface area contributed by atoms with Gasteiger partial charge in [-0.25, -0.2) is 8.42 Å². The van der Waals surface area contributed by atoms with E-state index in [2.05, 4.69) is 20.8 Å².